The van der Waals surface area contributed by atoms with Crippen molar-refractivity contribution < 1.29 is 0 Å². The standard InChI is InChI=1S/C17H17ClN4S/c1-11-2-4-12(5-3-11)13-10-23-16-14(13)15(20-17(18)21-16)22-8-6-19-7-9-22/h2-5,10,19H,6-9H2,1H3. The first-order valence-corrected chi connectivity index (χ1v) is 8.95. The molecule has 1 aliphatic rings. The number of aryl methyl sites for hydroxylation is 1. The molecule has 1 saturated heterocycles. The van der Waals surface area contributed by atoms with E-state index in [4.69, 9.17) is 11.6 Å². The van der Waals surface area contributed by atoms with Crippen LogP contribution < -0.4 is 10.2 Å². The lowest BCUT2D eigenvalue weighted by Crippen LogP contribution is -2.44. The summed E-state index contributed by atoms with van der Waals surface area (Å²) in [6, 6.07) is 8.60. The highest BCUT2D eigenvalue weighted by Gasteiger charge is 2.20. The van der Waals surface area contributed by atoms with Crippen LogP contribution in [-0.4, -0.2) is 36.1 Å². The number of anilines is 1. The Kier molecular flexibility index (Phi) is 3.93. The van der Waals surface area contributed by atoms with Gasteiger partial charge in [-0.3, -0.25) is 0 Å². The van der Waals surface area contributed by atoms with Crippen molar-refractivity contribution in [2.75, 3.05) is 31.1 Å². The van der Waals surface area contributed by atoms with E-state index in [0.29, 0.717) is 5.28 Å². The quantitative estimate of drug-likeness (QED) is 0.719. The Balaban J connectivity index is 1.90. The lowest BCUT2D eigenvalue weighted by atomic mass is 10.0. The number of piperazine rings is 1. The van der Waals surface area contributed by atoms with Gasteiger partial charge in [-0.1, -0.05) is 29.8 Å². The molecule has 4 nitrogen and oxygen atoms in total. The van der Waals surface area contributed by atoms with Crippen molar-refractivity contribution in [3.63, 3.8) is 0 Å². The minimum atomic E-state index is 0.323. The van der Waals surface area contributed by atoms with E-state index in [9.17, 15) is 0 Å². The van der Waals surface area contributed by atoms with Crippen LogP contribution >= 0.6 is 22.9 Å². The van der Waals surface area contributed by atoms with Crippen LogP contribution in [0, 0.1) is 6.92 Å². The Morgan fingerprint density at radius 1 is 1.13 bits per heavy atom. The molecule has 3 heterocycles. The first-order valence-electron chi connectivity index (χ1n) is 7.70. The summed E-state index contributed by atoms with van der Waals surface area (Å²) in [7, 11) is 0. The van der Waals surface area contributed by atoms with Crippen LogP contribution in [0.3, 0.4) is 0 Å². The van der Waals surface area contributed by atoms with Crippen molar-refractivity contribution >= 4 is 39.0 Å². The molecule has 0 saturated carbocycles. The van der Waals surface area contributed by atoms with Gasteiger partial charge >= 0.3 is 0 Å². The molecule has 0 unspecified atom stereocenters. The smallest absolute Gasteiger partial charge is 0.225 e. The molecule has 1 fully saturated rings. The Hall–Kier alpha value is -1.69. The van der Waals surface area contributed by atoms with Crippen LogP contribution in [-0.2, 0) is 0 Å². The van der Waals surface area contributed by atoms with E-state index in [2.05, 4.69) is 56.8 Å². The predicted molar refractivity (Wildman–Crippen MR) is 97.7 cm³/mol. The van der Waals surface area contributed by atoms with E-state index in [0.717, 1.165) is 42.2 Å². The molecule has 23 heavy (non-hydrogen) atoms. The average molecular weight is 345 g/mol. The van der Waals surface area contributed by atoms with Gasteiger partial charge in [0, 0.05) is 37.1 Å². The first kappa shape index (κ1) is 14.9. The molecular formula is C17H17ClN4S. The lowest BCUT2D eigenvalue weighted by Gasteiger charge is -2.29. The van der Waals surface area contributed by atoms with Gasteiger partial charge in [-0.05, 0) is 24.1 Å². The second kappa shape index (κ2) is 6.07. The Labute approximate surface area is 144 Å². The minimum absolute atomic E-state index is 0.323. The summed E-state index contributed by atoms with van der Waals surface area (Å²) in [6.07, 6.45) is 0. The highest BCUT2D eigenvalue weighted by Crippen LogP contribution is 2.39. The van der Waals surface area contributed by atoms with E-state index in [-0.39, 0.29) is 0 Å². The summed E-state index contributed by atoms with van der Waals surface area (Å²) in [4.78, 5) is 12.2. The third-order valence-electron chi connectivity index (χ3n) is 4.17. The van der Waals surface area contributed by atoms with Crippen LogP contribution in [0.25, 0.3) is 21.3 Å². The molecule has 0 radical (unpaired) electrons. The van der Waals surface area contributed by atoms with Crippen LogP contribution in [0.15, 0.2) is 29.6 Å². The zero-order valence-corrected chi connectivity index (χ0v) is 14.4. The Bertz CT molecular complexity index is 838. The van der Waals surface area contributed by atoms with E-state index < -0.39 is 0 Å². The first-order chi connectivity index (χ1) is 11.2. The molecule has 1 aliphatic heterocycles. The zero-order valence-electron chi connectivity index (χ0n) is 12.8. The summed E-state index contributed by atoms with van der Waals surface area (Å²) >= 11 is 7.79. The number of nitrogens with zero attached hydrogens (tertiary/aromatic N) is 3. The highest BCUT2D eigenvalue weighted by atomic mass is 35.5. The Morgan fingerprint density at radius 3 is 2.61 bits per heavy atom. The number of fused-ring (bicyclic) bond motifs is 1. The summed E-state index contributed by atoms with van der Waals surface area (Å²) < 4.78 is 0. The van der Waals surface area contributed by atoms with Gasteiger partial charge < -0.3 is 10.2 Å². The largest absolute Gasteiger partial charge is 0.353 e. The van der Waals surface area contributed by atoms with E-state index >= 15 is 0 Å². The van der Waals surface area contributed by atoms with Crippen molar-refractivity contribution in [2.45, 2.75) is 6.92 Å². The number of hydrogen-bond donors (Lipinski definition) is 1. The minimum Gasteiger partial charge on any atom is -0.353 e. The molecular weight excluding hydrogens is 328 g/mol. The fourth-order valence-corrected chi connectivity index (χ4v) is 4.11. The van der Waals surface area contributed by atoms with Crippen LogP contribution in [0.2, 0.25) is 5.28 Å². The fourth-order valence-electron chi connectivity index (χ4n) is 2.95. The molecule has 3 aromatic rings. The number of benzene rings is 1. The molecule has 0 aliphatic carbocycles. The summed E-state index contributed by atoms with van der Waals surface area (Å²) in [5.41, 5.74) is 3.65. The highest BCUT2D eigenvalue weighted by molar-refractivity contribution is 7.17. The number of aromatic nitrogens is 2. The predicted octanol–water partition coefficient (Wildman–Crippen LogP) is 3.73. The van der Waals surface area contributed by atoms with E-state index in [1.54, 1.807) is 11.3 Å². The monoisotopic (exact) mass is 344 g/mol. The maximum absolute atomic E-state index is 6.16. The molecule has 0 spiro atoms. The molecule has 4 rings (SSSR count). The summed E-state index contributed by atoms with van der Waals surface area (Å²) in [5, 5.41) is 6.98. The Morgan fingerprint density at radius 2 is 1.87 bits per heavy atom. The second-order valence-electron chi connectivity index (χ2n) is 5.75. The molecule has 1 N–H and O–H groups in total. The second-order valence-corrected chi connectivity index (χ2v) is 6.95. The molecule has 6 heteroatoms. The number of hydrogen-bond acceptors (Lipinski definition) is 5. The van der Waals surface area contributed by atoms with E-state index in [1.165, 1.54) is 16.7 Å². The number of nitrogens with one attached hydrogen (secondary N) is 1. The normalized spacial score (nSPS) is 15.3. The topological polar surface area (TPSA) is 41.1 Å². The maximum Gasteiger partial charge on any atom is 0.225 e. The van der Waals surface area contributed by atoms with Crippen molar-refractivity contribution in [3.8, 4) is 11.1 Å². The average Bonchev–Trinajstić information content (AvgIpc) is 2.99. The van der Waals surface area contributed by atoms with Gasteiger partial charge in [0.25, 0.3) is 0 Å². The van der Waals surface area contributed by atoms with Gasteiger partial charge in [0.2, 0.25) is 5.28 Å². The third kappa shape index (κ3) is 2.80. The van der Waals surface area contributed by atoms with Crippen LogP contribution in [0.5, 0.6) is 0 Å². The number of halogens is 1. The van der Waals surface area contributed by atoms with Gasteiger partial charge in [0.15, 0.2) is 0 Å². The van der Waals surface area contributed by atoms with Gasteiger partial charge in [0.05, 0.1) is 5.39 Å². The summed E-state index contributed by atoms with van der Waals surface area (Å²) in [5.74, 6) is 0.957. The molecule has 1 aromatic carbocycles. The van der Waals surface area contributed by atoms with Gasteiger partial charge in [-0.25, -0.2) is 4.98 Å². The molecule has 0 bridgehead atoms. The molecule has 0 amide bonds. The van der Waals surface area contributed by atoms with Gasteiger partial charge in [0.1, 0.15) is 10.6 Å². The van der Waals surface area contributed by atoms with Gasteiger partial charge in [-0.2, -0.15) is 4.98 Å². The maximum atomic E-state index is 6.16. The third-order valence-corrected chi connectivity index (χ3v) is 5.21. The molecule has 118 valence electrons. The van der Waals surface area contributed by atoms with Gasteiger partial charge in [-0.15, -0.1) is 11.3 Å². The number of thiophene rings is 1. The van der Waals surface area contributed by atoms with Crippen LogP contribution in [0.1, 0.15) is 5.56 Å². The van der Waals surface area contributed by atoms with E-state index in [1.807, 2.05) is 0 Å². The van der Waals surface area contributed by atoms with Crippen molar-refractivity contribution in [2.24, 2.45) is 0 Å². The number of rotatable bonds is 2. The van der Waals surface area contributed by atoms with Crippen molar-refractivity contribution in [1.82, 2.24) is 15.3 Å². The fraction of sp³-hybridized carbons (Fsp3) is 0.294. The molecule has 0 atom stereocenters. The molecule has 2 aromatic heterocycles. The zero-order chi connectivity index (χ0) is 15.8. The van der Waals surface area contributed by atoms with Crippen molar-refractivity contribution in [3.05, 3.63) is 40.5 Å². The van der Waals surface area contributed by atoms with Crippen molar-refractivity contribution in [1.29, 1.82) is 0 Å². The SMILES string of the molecule is Cc1ccc(-c2csc3nc(Cl)nc(N4CCNCC4)c23)cc1. The summed E-state index contributed by atoms with van der Waals surface area (Å²) in [6.45, 7) is 5.90. The van der Waals surface area contributed by atoms with Crippen LogP contribution in [0.4, 0.5) is 5.82 Å². The lowest BCUT2D eigenvalue weighted by molar-refractivity contribution is 0.586.